The lowest BCUT2D eigenvalue weighted by atomic mass is 9.85. The highest BCUT2D eigenvalue weighted by Gasteiger charge is 2.54. The third kappa shape index (κ3) is 14.4. The van der Waals surface area contributed by atoms with Crippen molar-refractivity contribution in [1.82, 2.24) is 70.8 Å². The molecule has 9 N–H and O–H groups in total. The van der Waals surface area contributed by atoms with Crippen molar-refractivity contribution in [3.63, 3.8) is 0 Å². The number of amides is 9. The molecule has 0 saturated carbocycles. The molecule has 15 heterocycles. The summed E-state index contributed by atoms with van der Waals surface area (Å²) in [5.74, 6) is 2.11. The molecule has 638 valence electrons. The van der Waals surface area contributed by atoms with Gasteiger partial charge in [0.25, 0.3) is 17.7 Å². The van der Waals surface area contributed by atoms with Crippen LogP contribution in [0.1, 0.15) is 123 Å². The number of carbonyl (C=O) groups is 9. The predicted octanol–water partition coefficient (Wildman–Crippen LogP) is 7.80. The van der Waals surface area contributed by atoms with Crippen molar-refractivity contribution in [3.8, 4) is 34.5 Å². The van der Waals surface area contributed by atoms with Crippen molar-refractivity contribution in [2.75, 3.05) is 82.5 Å². The van der Waals surface area contributed by atoms with Gasteiger partial charge in [-0.1, -0.05) is 84.9 Å². The molecule has 34 nitrogen and oxygen atoms in total. The molecule has 11 aliphatic heterocycles. The maximum absolute atomic E-state index is 14.3. The molecule has 6 atom stereocenters. The fourth-order valence-electron chi connectivity index (χ4n) is 20.0. The van der Waals surface area contributed by atoms with Crippen LogP contribution in [0.15, 0.2) is 170 Å². The molecule has 5 saturated heterocycles. The number of para-hydroxylation sites is 3. The lowest BCUT2D eigenvalue weighted by molar-refractivity contribution is -0.161. The van der Waals surface area contributed by atoms with Crippen LogP contribution in [0.25, 0.3) is 38.8 Å². The van der Waals surface area contributed by atoms with E-state index in [2.05, 4.69) is 42.0 Å². The Balaban J connectivity index is 0.000000119. The van der Waals surface area contributed by atoms with Crippen molar-refractivity contribution in [2.24, 2.45) is 0 Å². The molecule has 5 fully saturated rings. The Labute approximate surface area is 713 Å². The van der Waals surface area contributed by atoms with Crippen LogP contribution in [-0.2, 0) is 57.6 Å². The Hall–Kier alpha value is -14.4. The number of fused-ring (bicyclic) bond motifs is 15. The highest BCUT2D eigenvalue weighted by Crippen LogP contribution is 2.50. The zero-order valence-electron chi connectivity index (χ0n) is 67.4. The molecule has 11 aliphatic rings. The van der Waals surface area contributed by atoms with Gasteiger partial charge in [-0.3, -0.25) is 58.8 Å². The number of benzene rings is 7. The summed E-state index contributed by atoms with van der Waals surface area (Å²) in [7, 11) is 0. The zero-order valence-corrected chi connectivity index (χ0v) is 67.4. The minimum atomic E-state index is -0.698. The molecule has 22 rings (SSSR count). The van der Waals surface area contributed by atoms with Crippen LogP contribution in [0, 0.1) is 0 Å². The lowest BCUT2D eigenvalue weighted by Gasteiger charge is -2.49. The van der Waals surface area contributed by atoms with Crippen molar-refractivity contribution in [1.29, 1.82) is 0 Å². The maximum atomic E-state index is 14.3. The number of likely N-dealkylation sites (tertiary alicyclic amines) is 1. The van der Waals surface area contributed by atoms with Gasteiger partial charge < -0.3 is 82.6 Å². The van der Waals surface area contributed by atoms with E-state index in [4.69, 9.17) is 44.0 Å². The number of piperazine rings is 3. The van der Waals surface area contributed by atoms with E-state index in [0.29, 0.717) is 103 Å². The van der Waals surface area contributed by atoms with E-state index in [9.17, 15) is 43.2 Å². The number of hydrogen-bond donors (Lipinski definition) is 9. The first kappa shape index (κ1) is 79.1. The first-order valence-electron chi connectivity index (χ1n) is 41.7. The molecule has 0 aliphatic carbocycles. The Bertz CT molecular complexity index is 6190. The summed E-state index contributed by atoms with van der Waals surface area (Å²) in [5, 5.41) is 29.4. The van der Waals surface area contributed by atoms with Crippen molar-refractivity contribution in [2.45, 2.75) is 106 Å². The molecule has 11 aromatic rings. The molecule has 0 radical (unpaired) electrons. The van der Waals surface area contributed by atoms with Crippen molar-refractivity contribution < 1.29 is 87.2 Å². The number of nitrogens with one attached hydrogen (secondary N) is 6. The monoisotopic (exact) mass is 1690 g/mol. The van der Waals surface area contributed by atoms with Crippen LogP contribution in [0.2, 0.25) is 0 Å². The number of anilines is 2. The van der Waals surface area contributed by atoms with Gasteiger partial charge in [0.15, 0.2) is 34.5 Å². The van der Waals surface area contributed by atoms with Gasteiger partial charge in [-0.2, -0.15) is 0 Å². The van der Waals surface area contributed by atoms with E-state index in [1.165, 1.54) is 29.4 Å². The molecular weight excluding hydrogens is 1610 g/mol. The second-order valence-electron chi connectivity index (χ2n) is 32.7. The third-order valence-corrected chi connectivity index (χ3v) is 25.9. The normalized spacial score (nSPS) is 21.3. The summed E-state index contributed by atoms with van der Waals surface area (Å²) in [6.07, 6.45) is 10.5. The van der Waals surface area contributed by atoms with E-state index in [-0.39, 0.29) is 105 Å². The fourth-order valence-corrected chi connectivity index (χ4v) is 20.0. The SMILES string of the molecule is O=C(/C=C/c1ccc(N2CC(=O)N3[C@H](c4ccc5c(c4)OCO5)c4[nH]c5ccccc5c4C[C@@H]3C2=O)cc1)NO.O=C(CCCN1CCC(N2CC(=O)N3[C@H](c4ccc5c(c4)OCO5)c4[nH]c5ccccc5c4C[C@@H]3C2=O)CC1)NO.O=C(NO)c1cnc(N2CCC(N3CC(=O)N4[C@H](c5ccc6c(c5)OCO6)c5[nH]c6ccccc6c5C[C@@H]4C3=O)CC2)nc1. The molecular formula is C91H86N16O18. The van der Waals surface area contributed by atoms with Crippen LogP contribution >= 0.6 is 0 Å². The number of nitrogens with zero attached hydrogens (tertiary/aromatic N) is 10. The summed E-state index contributed by atoms with van der Waals surface area (Å²) in [6, 6.07) is 44.8. The van der Waals surface area contributed by atoms with E-state index in [1.807, 2.05) is 125 Å². The van der Waals surface area contributed by atoms with Gasteiger partial charge >= 0.3 is 0 Å². The molecule has 0 bridgehead atoms. The second kappa shape index (κ2) is 32.8. The van der Waals surface area contributed by atoms with E-state index in [0.717, 1.165) is 116 Å². The number of aromatic nitrogens is 5. The van der Waals surface area contributed by atoms with E-state index >= 15 is 0 Å². The van der Waals surface area contributed by atoms with Gasteiger partial charge in [-0.25, -0.2) is 26.4 Å². The topological polar surface area (TPSA) is 405 Å². The Kier molecular flexibility index (Phi) is 20.8. The number of carbonyl (C=O) groups excluding carboxylic acids is 9. The van der Waals surface area contributed by atoms with Crippen molar-refractivity contribution >= 4 is 104 Å². The van der Waals surface area contributed by atoms with Crippen molar-refractivity contribution in [3.05, 3.63) is 232 Å². The minimum absolute atomic E-state index is 0.000973. The summed E-state index contributed by atoms with van der Waals surface area (Å²) >= 11 is 0. The fraction of sp³-hybridized carbons (Fsp3) is 0.308. The van der Waals surface area contributed by atoms with Crippen LogP contribution in [0.3, 0.4) is 0 Å². The first-order chi connectivity index (χ1) is 61.0. The quantitative estimate of drug-likeness (QED) is 0.0285. The number of hydroxylamine groups is 3. The molecule has 9 amide bonds. The number of piperidine rings is 2. The smallest absolute Gasteiger partial charge is 0.277 e. The number of rotatable bonds is 14. The van der Waals surface area contributed by atoms with Gasteiger partial charge in [0.1, 0.15) is 37.8 Å². The Morgan fingerprint density at radius 3 is 1.31 bits per heavy atom. The Morgan fingerprint density at radius 2 is 0.880 bits per heavy atom. The molecule has 0 spiro atoms. The molecule has 125 heavy (non-hydrogen) atoms. The van der Waals surface area contributed by atoms with Gasteiger partial charge in [-0.15, -0.1) is 0 Å². The molecule has 4 aromatic heterocycles. The first-order valence-corrected chi connectivity index (χ1v) is 41.7. The largest absolute Gasteiger partial charge is 0.454 e. The molecule has 34 heteroatoms. The second-order valence-corrected chi connectivity index (χ2v) is 32.7. The highest BCUT2D eigenvalue weighted by atomic mass is 16.7. The van der Waals surface area contributed by atoms with E-state index < -0.39 is 48.1 Å². The zero-order chi connectivity index (χ0) is 85.4. The average Bonchev–Trinajstić information content (AvgIpc) is 1.65. The number of hydrogen-bond acceptors (Lipinski definition) is 22. The molecule has 0 unspecified atom stereocenters. The number of aromatic amines is 3. The summed E-state index contributed by atoms with van der Waals surface area (Å²) in [6.45, 7) is 3.96. The maximum Gasteiger partial charge on any atom is 0.277 e. The summed E-state index contributed by atoms with van der Waals surface area (Å²) in [4.78, 5) is 152. The minimum Gasteiger partial charge on any atom is -0.454 e. The molecule has 7 aromatic carbocycles. The van der Waals surface area contributed by atoms with Crippen LogP contribution in [0.4, 0.5) is 11.6 Å². The lowest BCUT2D eigenvalue weighted by Crippen LogP contribution is -2.65. The standard InChI is InChI=1S/C31H29N7O6.C30H33N5O6.C30H24N4O6/c39-26-15-37(19-7-9-36(10-8-19)31-32-13-18(14-33-31)29(40)35-42)30(41)23-12-21-20-3-1-2-4-22(20)34-27(21)28(38(23)26)17-5-6-24-25(11-17)44-16-43-24;36-26(32-39)6-3-11-33-12-9-19(10-13-33)34-16-27(37)35-23(30(34)38)15-21-20-4-1-2-5-22(20)31-28(21)29(35)18-7-8-24-25(14-18)41-17-40-24;35-26(32-38)12-7-17-5-9-19(10-6-17)33-15-27(36)34-23(30(33)37)14-21-20-3-1-2-4-22(20)31-28(21)29(34)18-8-11-24-25(13-18)40-16-39-24/h1-6,11,13-14,19,23,28,34,42H,7-10,12,15-16H2,(H,35,40);1-2,4-5,7-8,14,19,23,29,31,39H,3,6,9-13,15-17H2,(H,32,36);1-13,23,29,31,38H,14-16H2,(H,32,35)/b;;12-7+/t23-,28-;2*23-,29-/m111/s1. The summed E-state index contributed by atoms with van der Waals surface area (Å²) < 4.78 is 33.5. The van der Waals surface area contributed by atoms with Crippen LogP contribution in [-0.4, -0.2) is 226 Å². The highest BCUT2D eigenvalue weighted by molar-refractivity contribution is 6.08. The average molecular weight is 1690 g/mol. The number of ether oxygens (including phenoxy) is 6. The van der Waals surface area contributed by atoms with Gasteiger partial charge in [0.2, 0.25) is 61.8 Å². The van der Waals surface area contributed by atoms with Crippen LogP contribution in [0.5, 0.6) is 34.5 Å². The van der Waals surface area contributed by atoms with Gasteiger partial charge in [-0.05, 0) is 150 Å². The van der Waals surface area contributed by atoms with E-state index in [1.54, 1.807) is 60.3 Å². The number of H-pyrrole nitrogens is 3. The Morgan fingerprint density at radius 1 is 0.464 bits per heavy atom. The van der Waals surface area contributed by atoms with Gasteiger partial charge in [0, 0.05) is 138 Å². The third-order valence-electron chi connectivity index (χ3n) is 25.9. The predicted molar refractivity (Wildman–Crippen MR) is 447 cm³/mol. The van der Waals surface area contributed by atoms with Crippen LogP contribution < -0.4 is 54.7 Å². The summed E-state index contributed by atoms with van der Waals surface area (Å²) in [5.41, 5.74) is 17.6. The van der Waals surface area contributed by atoms with Gasteiger partial charge in [0.05, 0.1) is 23.7 Å².